The fourth-order valence-corrected chi connectivity index (χ4v) is 2.42. The fourth-order valence-electron chi connectivity index (χ4n) is 1.90. The number of hydrogen-bond donors (Lipinski definition) is 1. The summed E-state index contributed by atoms with van der Waals surface area (Å²) >= 11 is 0. The number of hydrogen-bond acceptors (Lipinski definition) is 3. The summed E-state index contributed by atoms with van der Waals surface area (Å²) in [6.07, 6.45) is 2.61. The van der Waals surface area contributed by atoms with Crippen LogP contribution in [0.2, 0.25) is 0 Å². The fraction of sp³-hybridized carbons (Fsp3) is 0.571. The van der Waals surface area contributed by atoms with E-state index in [1.165, 1.54) is 0 Å². The predicted molar refractivity (Wildman–Crippen MR) is 77.6 cm³/mol. The van der Waals surface area contributed by atoms with Gasteiger partial charge in [-0.1, -0.05) is 0 Å². The molecule has 0 aliphatic heterocycles. The molecule has 1 aromatic carbocycles. The first-order valence-corrected chi connectivity index (χ1v) is 7.65. The van der Waals surface area contributed by atoms with E-state index in [0.29, 0.717) is 6.04 Å². The lowest BCUT2D eigenvalue weighted by Gasteiger charge is -2.27. The molecule has 0 amide bonds. The van der Waals surface area contributed by atoms with Gasteiger partial charge in [0.05, 0.1) is 5.60 Å². The van der Waals surface area contributed by atoms with Crippen molar-refractivity contribution in [2.24, 2.45) is 0 Å². The topological polar surface area (TPSA) is 38.3 Å². The Bertz CT molecular complexity index is 401. The standard InChI is InChI=1S/C14H23NO2S/c1-11(10-14(2,3)17-4)15-12-6-8-13(9-7-12)18(5)16/h6-9,11,15H,10H2,1-5H3/t11-,18+/m1/s1. The van der Waals surface area contributed by atoms with E-state index in [-0.39, 0.29) is 5.60 Å². The molecule has 0 radical (unpaired) electrons. The number of ether oxygens (including phenoxy) is 1. The van der Waals surface area contributed by atoms with E-state index >= 15 is 0 Å². The zero-order chi connectivity index (χ0) is 13.8. The lowest BCUT2D eigenvalue weighted by molar-refractivity contribution is 0.0128. The van der Waals surface area contributed by atoms with Crippen molar-refractivity contribution in [3.8, 4) is 0 Å². The van der Waals surface area contributed by atoms with Crippen molar-refractivity contribution in [2.45, 2.75) is 43.7 Å². The van der Waals surface area contributed by atoms with Crippen molar-refractivity contribution in [3.05, 3.63) is 24.3 Å². The molecule has 18 heavy (non-hydrogen) atoms. The van der Waals surface area contributed by atoms with Crippen molar-refractivity contribution < 1.29 is 8.95 Å². The van der Waals surface area contributed by atoms with E-state index in [1.54, 1.807) is 13.4 Å². The van der Waals surface area contributed by atoms with Crippen LogP contribution in [-0.4, -0.2) is 29.2 Å². The minimum Gasteiger partial charge on any atom is -0.382 e. The number of rotatable bonds is 6. The Kier molecular flexibility index (Phi) is 5.35. The molecule has 0 heterocycles. The van der Waals surface area contributed by atoms with Crippen LogP contribution in [0.5, 0.6) is 0 Å². The molecule has 1 rings (SSSR count). The van der Waals surface area contributed by atoms with Crippen LogP contribution in [0.1, 0.15) is 27.2 Å². The Morgan fingerprint density at radius 3 is 2.33 bits per heavy atom. The molecule has 0 aliphatic rings. The Labute approximate surface area is 112 Å². The van der Waals surface area contributed by atoms with Gasteiger partial charge in [-0.05, 0) is 51.5 Å². The zero-order valence-corrected chi connectivity index (χ0v) is 12.6. The van der Waals surface area contributed by atoms with Gasteiger partial charge in [0.1, 0.15) is 0 Å². The summed E-state index contributed by atoms with van der Waals surface area (Å²) in [6.45, 7) is 6.29. The van der Waals surface area contributed by atoms with Crippen LogP contribution >= 0.6 is 0 Å². The van der Waals surface area contributed by atoms with Gasteiger partial charge in [-0.25, -0.2) is 0 Å². The van der Waals surface area contributed by atoms with Crippen molar-refractivity contribution in [1.82, 2.24) is 0 Å². The summed E-state index contributed by atoms with van der Waals surface area (Å²) in [7, 11) is 0.819. The van der Waals surface area contributed by atoms with Gasteiger partial charge < -0.3 is 10.1 Å². The number of benzene rings is 1. The molecule has 102 valence electrons. The maximum Gasteiger partial charge on any atom is 0.0642 e. The van der Waals surface area contributed by atoms with Crippen molar-refractivity contribution >= 4 is 16.5 Å². The number of nitrogens with one attached hydrogen (secondary N) is 1. The molecule has 0 saturated heterocycles. The van der Waals surface area contributed by atoms with Crippen LogP contribution in [0.15, 0.2) is 29.2 Å². The van der Waals surface area contributed by atoms with Gasteiger partial charge in [0.2, 0.25) is 0 Å². The monoisotopic (exact) mass is 269 g/mol. The summed E-state index contributed by atoms with van der Waals surface area (Å²) in [6, 6.07) is 8.04. The third-order valence-corrected chi connectivity index (χ3v) is 3.89. The highest BCUT2D eigenvalue weighted by atomic mass is 32.2. The molecule has 1 N–H and O–H groups in total. The van der Waals surface area contributed by atoms with Crippen LogP contribution in [0.4, 0.5) is 5.69 Å². The zero-order valence-electron chi connectivity index (χ0n) is 11.8. The molecule has 3 nitrogen and oxygen atoms in total. The average Bonchev–Trinajstić information content (AvgIpc) is 2.29. The smallest absolute Gasteiger partial charge is 0.0642 e. The first-order chi connectivity index (χ1) is 8.34. The predicted octanol–water partition coefficient (Wildman–Crippen LogP) is 3.04. The van der Waals surface area contributed by atoms with Crippen LogP contribution in [0, 0.1) is 0 Å². The molecule has 0 saturated carbocycles. The molecule has 4 heteroatoms. The molecule has 0 fully saturated rings. The first-order valence-electron chi connectivity index (χ1n) is 6.09. The summed E-state index contributed by atoms with van der Waals surface area (Å²) < 4.78 is 16.7. The second-order valence-electron chi connectivity index (χ2n) is 5.19. The lowest BCUT2D eigenvalue weighted by Crippen LogP contribution is -2.31. The number of methoxy groups -OCH3 is 1. The van der Waals surface area contributed by atoms with Gasteiger partial charge in [-0.2, -0.15) is 0 Å². The molecule has 2 atom stereocenters. The number of anilines is 1. The maximum absolute atomic E-state index is 11.3. The van der Waals surface area contributed by atoms with Crippen molar-refractivity contribution in [2.75, 3.05) is 18.7 Å². The second-order valence-corrected chi connectivity index (χ2v) is 6.57. The van der Waals surface area contributed by atoms with Crippen LogP contribution in [-0.2, 0) is 15.5 Å². The van der Waals surface area contributed by atoms with Gasteiger partial charge in [0, 0.05) is 40.8 Å². The highest BCUT2D eigenvalue weighted by Gasteiger charge is 2.19. The third-order valence-electron chi connectivity index (χ3n) is 2.95. The Morgan fingerprint density at radius 2 is 1.89 bits per heavy atom. The average molecular weight is 269 g/mol. The Hall–Kier alpha value is -0.870. The Morgan fingerprint density at radius 1 is 1.33 bits per heavy atom. The maximum atomic E-state index is 11.3. The molecule has 0 bridgehead atoms. The first kappa shape index (κ1) is 15.2. The molecular weight excluding hydrogens is 246 g/mol. The highest BCUT2D eigenvalue weighted by Crippen LogP contribution is 2.19. The molecule has 0 aromatic heterocycles. The van der Waals surface area contributed by atoms with Gasteiger partial charge in [0.15, 0.2) is 0 Å². The summed E-state index contributed by atoms with van der Waals surface area (Å²) in [5.41, 5.74) is 0.917. The van der Waals surface area contributed by atoms with Gasteiger partial charge >= 0.3 is 0 Å². The SMILES string of the molecule is COC(C)(C)C[C@@H](C)Nc1ccc([S@](C)=O)cc1. The minimum atomic E-state index is -0.915. The minimum absolute atomic E-state index is 0.128. The van der Waals surface area contributed by atoms with E-state index in [1.807, 2.05) is 24.3 Å². The summed E-state index contributed by atoms with van der Waals surface area (Å²) in [5.74, 6) is 0. The van der Waals surface area contributed by atoms with E-state index in [2.05, 4.69) is 26.1 Å². The van der Waals surface area contributed by atoms with Crippen molar-refractivity contribution in [1.29, 1.82) is 0 Å². The van der Waals surface area contributed by atoms with Gasteiger partial charge in [-0.3, -0.25) is 4.21 Å². The van der Waals surface area contributed by atoms with E-state index < -0.39 is 10.8 Å². The Balaban J connectivity index is 2.59. The third kappa shape index (κ3) is 4.78. The normalized spacial score (nSPS) is 15.2. The van der Waals surface area contributed by atoms with E-state index in [0.717, 1.165) is 17.0 Å². The molecule has 0 unspecified atom stereocenters. The van der Waals surface area contributed by atoms with E-state index in [4.69, 9.17) is 4.74 Å². The second kappa shape index (κ2) is 6.34. The van der Waals surface area contributed by atoms with Crippen LogP contribution in [0.3, 0.4) is 0 Å². The molecule has 0 aliphatic carbocycles. The highest BCUT2D eigenvalue weighted by molar-refractivity contribution is 7.84. The summed E-state index contributed by atoms with van der Waals surface area (Å²) in [4.78, 5) is 0.852. The van der Waals surface area contributed by atoms with Crippen LogP contribution in [0.25, 0.3) is 0 Å². The molecule has 1 aromatic rings. The largest absolute Gasteiger partial charge is 0.382 e. The van der Waals surface area contributed by atoms with E-state index in [9.17, 15) is 4.21 Å². The quantitative estimate of drug-likeness (QED) is 0.862. The molecule has 0 spiro atoms. The van der Waals surface area contributed by atoms with Gasteiger partial charge in [0.25, 0.3) is 0 Å². The van der Waals surface area contributed by atoms with Gasteiger partial charge in [-0.15, -0.1) is 0 Å². The lowest BCUT2D eigenvalue weighted by atomic mass is 10.00. The summed E-state index contributed by atoms with van der Waals surface area (Å²) in [5, 5.41) is 3.42. The van der Waals surface area contributed by atoms with Crippen LogP contribution < -0.4 is 5.32 Å². The van der Waals surface area contributed by atoms with Crippen molar-refractivity contribution in [3.63, 3.8) is 0 Å². The molecular formula is C14H23NO2S.